The Hall–Kier alpha value is -2.04. The summed E-state index contributed by atoms with van der Waals surface area (Å²) in [7, 11) is 0. The Morgan fingerprint density at radius 3 is 2.37 bits per heavy atom. The minimum atomic E-state index is -1.84. The maximum absolute atomic E-state index is 12.3. The summed E-state index contributed by atoms with van der Waals surface area (Å²) in [6.07, 6.45) is -7.82. The van der Waals surface area contributed by atoms with Crippen molar-refractivity contribution in [3.8, 4) is 0 Å². The van der Waals surface area contributed by atoms with Gasteiger partial charge in [-0.15, -0.1) is 0 Å². The van der Waals surface area contributed by atoms with E-state index in [4.69, 9.17) is 14.6 Å². The van der Waals surface area contributed by atoms with Crippen LogP contribution in [-0.2, 0) is 19.7 Å². The number of rotatable bonds is 4. The van der Waals surface area contributed by atoms with Crippen molar-refractivity contribution in [1.82, 2.24) is 5.32 Å². The third-order valence-corrected chi connectivity index (χ3v) is 5.79. The first-order valence-corrected chi connectivity index (χ1v) is 8.78. The number of esters is 1. The van der Waals surface area contributed by atoms with E-state index in [1.165, 1.54) is 0 Å². The van der Waals surface area contributed by atoms with E-state index in [0.29, 0.717) is 5.92 Å². The normalized spacial score (nSPS) is 40.3. The second kappa shape index (κ2) is 6.54. The number of aliphatic carboxylic acids is 1. The van der Waals surface area contributed by atoms with Gasteiger partial charge in [0.25, 0.3) is 0 Å². The van der Waals surface area contributed by atoms with Crippen molar-refractivity contribution in [3.63, 3.8) is 0 Å². The lowest BCUT2D eigenvalue weighted by Gasteiger charge is -2.37. The first-order valence-electron chi connectivity index (χ1n) is 8.78. The number of carbonyl (C=O) groups excluding carboxylic acids is 1. The average molecular weight is 379 g/mol. The molecular weight excluding hydrogens is 358 g/mol. The molecule has 0 amide bonds. The summed E-state index contributed by atoms with van der Waals surface area (Å²) in [5.41, 5.74) is 1.51. The van der Waals surface area contributed by atoms with Gasteiger partial charge in [0.15, 0.2) is 6.10 Å². The predicted octanol–water partition coefficient (Wildman–Crippen LogP) is -1.40. The van der Waals surface area contributed by atoms with Crippen LogP contribution in [-0.4, -0.2) is 76.2 Å². The zero-order valence-electron chi connectivity index (χ0n) is 14.3. The maximum atomic E-state index is 12.3. The standard InChI is InChI=1S/C18H21NO8/c20-11-12(21)14(15(23)24)26-17(13(11)22)27-16(25)8-1-3-9(4-2-8)18-5-10(18)6-19-7-18/h1-4,10-14,17,19-22H,5-7H2,(H,23,24)/t10-,11+,12+,13-,14+,17+,18+/m1/s1. The number of carbonyl (C=O) groups is 2. The monoisotopic (exact) mass is 379 g/mol. The highest BCUT2D eigenvalue weighted by atomic mass is 16.7. The summed E-state index contributed by atoms with van der Waals surface area (Å²) >= 11 is 0. The van der Waals surface area contributed by atoms with Crippen molar-refractivity contribution in [2.45, 2.75) is 42.5 Å². The fourth-order valence-corrected chi connectivity index (χ4v) is 4.05. The van der Waals surface area contributed by atoms with Crippen molar-refractivity contribution in [1.29, 1.82) is 0 Å². The lowest BCUT2D eigenvalue weighted by atomic mass is 9.94. The quantitative estimate of drug-likeness (QED) is 0.399. The van der Waals surface area contributed by atoms with Gasteiger partial charge < -0.3 is 35.2 Å². The zero-order valence-corrected chi connectivity index (χ0v) is 14.3. The molecule has 3 aliphatic rings. The van der Waals surface area contributed by atoms with E-state index < -0.39 is 42.6 Å². The molecule has 27 heavy (non-hydrogen) atoms. The first-order chi connectivity index (χ1) is 12.8. The third kappa shape index (κ3) is 3.01. The van der Waals surface area contributed by atoms with Crippen molar-refractivity contribution in [2.75, 3.05) is 13.1 Å². The highest BCUT2D eigenvalue weighted by Crippen LogP contribution is 2.56. The topological polar surface area (TPSA) is 146 Å². The molecule has 2 aliphatic heterocycles. The fourth-order valence-electron chi connectivity index (χ4n) is 4.05. The summed E-state index contributed by atoms with van der Waals surface area (Å²) in [5, 5.41) is 41.7. The van der Waals surface area contributed by atoms with Gasteiger partial charge >= 0.3 is 11.9 Å². The fraction of sp³-hybridized carbons (Fsp3) is 0.556. The molecular formula is C18H21NO8. The lowest BCUT2D eigenvalue weighted by Crippen LogP contribution is -2.60. The molecule has 9 heteroatoms. The number of nitrogens with one attached hydrogen (secondary N) is 1. The highest BCUT2D eigenvalue weighted by Gasteiger charge is 2.58. The Kier molecular flexibility index (Phi) is 4.44. The highest BCUT2D eigenvalue weighted by molar-refractivity contribution is 5.89. The predicted molar refractivity (Wildman–Crippen MR) is 88.8 cm³/mol. The van der Waals surface area contributed by atoms with Gasteiger partial charge in [-0.05, 0) is 36.6 Å². The summed E-state index contributed by atoms with van der Waals surface area (Å²) in [6.45, 7) is 1.92. The van der Waals surface area contributed by atoms with E-state index in [1.54, 1.807) is 12.1 Å². The van der Waals surface area contributed by atoms with Crippen LogP contribution in [0.2, 0.25) is 0 Å². The minimum absolute atomic E-state index is 0.153. The minimum Gasteiger partial charge on any atom is -0.479 e. The van der Waals surface area contributed by atoms with Crippen molar-refractivity contribution < 1.29 is 39.5 Å². The van der Waals surface area contributed by atoms with Crippen LogP contribution < -0.4 is 5.32 Å². The van der Waals surface area contributed by atoms with Gasteiger partial charge in [-0.1, -0.05) is 12.1 Å². The van der Waals surface area contributed by atoms with Gasteiger partial charge in [-0.3, -0.25) is 0 Å². The van der Waals surface area contributed by atoms with Gasteiger partial charge in [-0.25, -0.2) is 9.59 Å². The molecule has 0 aromatic heterocycles. The summed E-state index contributed by atoms with van der Waals surface area (Å²) in [4.78, 5) is 23.4. The molecule has 1 aliphatic carbocycles. The van der Waals surface area contributed by atoms with Crippen molar-refractivity contribution in [3.05, 3.63) is 35.4 Å². The van der Waals surface area contributed by atoms with Gasteiger partial charge in [0.2, 0.25) is 6.29 Å². The number of hydrogen-bond acceptors (Lipinski definition) is 8. The Morgan fingerprint density at radius 2 is 1.81 bits per heavy atom. The molecule has 0 bridgehead atoms. The third-order valence-electron chi connectivity index (χ3n) is 5.79. The van der Waals surface area contributed by atoms with Crippen LogP contribution in [0.5, 0.6) is 0 Å². The van der Waals surface area contributed by atoms with Crippen LogP contribution in [0, 0.1) is 5.92 Å². The number of carboxylic acids is 1. The number of aliphatic hydroxyl groups excluding tert-OH is 3. The number of aliphatic hydroxyl groups is 3. The molecule has 2 saturated heterocycles. The molecule has 0 spiro atoms. The number of fused-ring (bicyclic) bond motifs is 1. The van der Waals surface area contributed by atoms with Crippen molar-refractivity contribution >= 4 is 11.9 Å². The molecule has 9 nitrogen and oxygen atoms in total. The van der Waals surface area contributed by atoms with Crippen LogP contribution in [0.1, 0.15) is 22.3 Å². The van der Waals surface area contributed by atoms with Crippen LogP contribution in [0.3, 0.4) is 0 Å². The van der Waals surface area contributed by atoms with Crippen molar-refractivity contribution in [2.24, 2.45) is 5.92 Å². The van der Waals surface area contributed by atoms with E-state index in [0.717, 1.165) is 25.1 Å². The van der Waals surface area contributed by atoms with E-state index in [9.17, 15) is 24.9 Å². The molecule has 0 radical (unpaired) electrons. The molecule has 7 atom stereocenters. The SMILES string of the molecule is O=C(O[C@@H]1O[C@H](C(=O)O)[C@@H](O)[C@H](O)[C@H]1O)c1ccc([C@]23CNC[C@H]2C3)cc1. The molecule has 1 saturated carbocycles. The number of benzene rings is 1. The molecule has 146 valence electrons. The molecule has 1 aromatic carbocycles. The molecule has 4 rings (SSSR count). The average Bonchev–Trinajstić information content (AvgIpc) is 3.22. The second-order valence-corrected chi connectivity index (χ2v) is 7.41. The Bertz CT molecular complexity index is 752. The summed E-state index contributed by atoms with van der Waals surface area (Å²) in [5.74, 6) is -1.74. The van der Waals surface area contributed by atoms with Gasteiger partial charge in [0.1, 0.15) is 18.3 Å². The van der Waals surface area contributed by atoms with E-state index in [-0.39, 0.29) is 11.0 Å². The summed E-state index contributed by atoms with van der Waals surface area (Å²) in [6, 6.07) is 6.94. The van der Waals surface area contributed by atoms with Crippen LogP contribution in [0.15, 0.2) is 24.3 Å². The van der Waals surface area contributed by atoms with Crippen LogP contribution in [0.4, 0.5) is 0 Å². The van der Waals surface area contributed by atoms with Gasteiger partial charge in [0.05, 0.1) is 5.56 Å². The molecule has 3 fully saturated rings. The lowest BCUT2D eigenvalue weighted by molar-refractivity contribution is -0.278. The summed E-state index contributed by atoms with van der Waals surface area (Å²) < 4.78 is 9.98. The van der Waals surface area contributed by atoms with Crippen LogP contribution in [0.25, 0.3) is 0 Å². The largest absolute Gasteiger partial charge is 0.479 e. The van der Waals surface area contributed by atoms with Gasteiger partial charge in [0, 0.05) is 12.0 Å². The second-order valence-electron chi connectivity index (χ2n) is 7.41. The molecule has 5 N–H and O–H groups in total. The van der Waals surface area contributed by atoms with E-state index in [2.05, 4.69) is 5.32 Å². The maximum Gasteiger partial charge on any atom is 0.340 e. The zero-order chi connectivity index (χ0) is 19.3. The molecule has 2 heterocycles. The Labute approximate surface area is 154 Å². The number of piperidine rings is 1. The molecule has 0 unspecified atom stereocenters. The molecule has 1 aromatic rings. The van der Waals surface area contributed by atoms with Crippen LogP contribution >= 0.6 is 0 Å². The number of hydrogen-bond donors (Lipinski definition) is 5. The number of carboxylic acid groups (broad SMARTS) is 1. The van der Waals surface area contributed by atoms with E-state index in [1.807, 2.05) is 12.1 Å². The first kappa shape index (κ1) is 18.3. The Morgan fingerprint density at radius 1 is 1.11 bits per heavy atom. The van der Waals surface area contributed by atoms with Gasteiger partial charge in [-0.2, -0.15) is 0 Å². The van der Waals surface area contributed by atoms with E-state index >= 15 is 0 Å². The Balaban J connectivity index is 1.44. The smallest absolute Gasteiger partial charge is 0.340 e. The number of ether oxygens (including phenoxy) is 2.